The van der Waals surface area contributed by atoms with Gasteiger partial charge in [-0.15, -0.1) is 0 Å². The summed E-state index contributed by atoms with van der Waals surface area (Å²) in [4.78, 5) is 29.3. The van der Waals surface area contributed by atoms with Gasteiger partial charge in [0, 0.05) is 25.4 Å². The minimum Gasteiger partial charge on any atom is -0.352 e. The summed E-state index contributed by atoms with van der Waals surface area (Å²) in [7, 11) is 0. The van der Waals surface area contributed by atoms with Gasteiger partial charge in [0.05, 0.1) is 10.0 Å². The molecule has 194 valence electrons. The van der Waals surface area contributed by atoms with Crippen LogP contribution in [0, 0.1) is 0 Å². The number of carbonyl (C=O) groups excluding carboxylic acids is 2. The molecule has 4 nitrogen and oxygen atoms in total. The number of amides is 2. The van der Waals surface area contributed by atoms with Crippen LogP contribution < -0.4 is 5.32 Å². The van der Waals surface area contributed by atoms with Crippen molar-refractivity contribution in [3.63, 3.8) is 0 Å². The van der Waals surface area contributed by atoms with Crippen LogP contribution >= 0.6 is 23.2 Å². The van der Waals surface area contributed by atoms with Crippen molar-refractivity contribution in [2.24, 2.45) is 0 Å². The van der Waals surface area contributed by atoms with Crippen LogP contribution in [0.5, 0.6) is 0 Å². The minimum absolute atomic E-state index is 0.0605. The fourth-order valence-corrected chi connectivity index (χ4v) is 5.29. The normalized spacial score (nSPS) is 14.6. The van der Waals surface area contributed by atoms with Gasteiger partial charge in [-0.25, -0.2) is 0 Å². The summed E-state index contributed by atoms with van der Waals surface area (Å²) in [6.07, 6.45) is 6.79. The van der Waals surface area contributed by atoms with Crippen molar-refractivity contribution in [3.8, 4) is 0 Å². The highest BCUT2D eigenvalue weighted by Crippen LogP contribution is 2.25. The maximum absolute atomic E-state index is 13.8. The number of carbonyl (C=O) groups is 2. The Morgan fingerprint density at radius 3 is 2.11 bits per heavy atom. The van der Waals surface area contributed by atoms with Gasteiger partial charge in [-0.3, -0.25) is 9.59 Å². The van der Waals surface area contributed by atoms with E-state index in [1.165, 1.54) is 6.42 Å². The lowest BCUT2D eigenvalue weighted by Gasteiger charge is -2.33. The molecule has 0 heterocycles. The third-order valence-corrected chi connectivity index (χ3v) is 7.77. The topological polar surface area (TPSA) is 49.4 Å². The van der Waals surface area contributed by atoms with E-state index in [4.69, 9.17) is 23.2 Å². The van der Waals surface area contributed by atoms with Gasteiger partial charge in [-0.05, 0) is 48.1 Å². The summed E-state index contributed by atoms with van der Waals surface area (Å²) in [5.74, 6) is -0.154. The van der Waals surface area contributed by atoms with Crippen molar-refractivity contribution in [3.05, 3.63) is 106 Å². The Morgan fingerprint density at radius 2 is 1.46 bits per heavy atom. The first-order valence-corrected chi connectivity index (χ1v) is 13.9. The van der Waals surface area contributed by atoms with Gasteiger partial charge in [0.25, 0.3) is 0 Å². The quantitative estimate of drug-likeness (QED) is 0.302. The highest BCUT2D eigenvalue weighted by molar-refractivity contribution is 6.42. The van der Waals surface area contributed by atoms with E-state index >= 15 is 0 Å². The molecule has 0 aliphatic heterocycles. The van der Waals surface area contributed by atoms with Crippen LogP contribution in [0.4, 0.5) is 0 Å². The molecular formula is C31H34Cl2N2O2. The predicted octanol–water partition coefficient (Wildman–Crippen LogP) is 7.02. The standard InChI is InChI=1S/C31H34Cl2N2O2/c32-27-18-16-25(20-28(27)33)22-35(30(36)19-17-23-10-4-1-5-11-23)29(21-24-12-6-2-7-13-24)31(37)34-26-14-8-3-9-15-26/h1-2,4-7,10-13,16,18,20,26,29H,3,8-9,14-15,17,19,21-22H2,(H,34,37)/t29-/m1/s1. The zero-order chi connectivity index (χ0) is 26.0. The molecular weight excluding hydrogens is 503 g/mol. The van der Waals surface area contributed by atoms with Crippen molar-refractivity contribution in [1.82, 2.24) is 10.2 Å². The van der Waals surface area contributed by atoms with E-state index in [2.05, 4.69) is 5.32 Å². The van der Waals surface area contributed by atoms with Crippen LogP contribution in [-0.2, 0) is 29.0 Å². The molecule has 4 rings (SSSR count). The molecule has 0 saturated heterocycles. The number of hydrogen-bond donors (Lipinski definition) is 1. The first-order valence-electron chi connectivity index (χ1n) is 13.1. The van der Waals surface area contributed by atoms with Crippen LogP contribution in [0.25, 0.3) is 0 Å². The lowest BCUT2D eigenvalue weighted by molar-refractivity contribution is -0.141. The monoisotopic (exact) mass is 536 g/mol. The maximum atomic E-state index is 13.8. The van der Waals surface area contributed by atoms with Crippen LogP contribution in [-0.4, -0.2) is 28.8 Å². The zero-order valence-corrected chi connectivity index (χ0v) is 22.6. The summed E-state index contributed by atoms with van der Waals surface area (Å²) < 4.78 is 0. The lowest BCUT2D eigenvalue weighted by atomic mass is 9.94. The molecule has 3 aromatic rings. The Bertz CT molecular complexity index is 1160. The molecule has 3 aromatic carbocycles. The smallest absolute Gasteiger partial charge is 0.243 e. The SMILES string of the molecule is O=C(NC1CCCCC1)[C@@H](Cc1ccccc1)N(Cc1ccc(Cl)c(Cl)c1)C(=O)CCc1ccccc1. The average molecular weight is 538 g/mol. The fraction of sp³-hybridized carbons (Fsp3) is 0.355. The molecule has 1 N–H and O–H groups in total. The largest absolute Gasteiger partial charge is 0.352 e. The van der Waals surface area contributed by atoms with E-state index in [0.29, 0.717) is 29.3 Å². The fourth-order valence-electron chi connectivity index (χ4n) is 4.97. The second-order valence-corrected chi connectivity index (χ2v) is 10.6. The number of benzene rings is 3. The summed E-state index contributed by atoms with van der Waals surface area (Å²) in [6, 6.07) is 24.8. The molecule has 1 fully saturated rings. The van der Waals surface area contributed by atoms with E-state index in [-0.39, 0.29) is 24.4 Å². The van der Waals surface area contributed by atoms with E-state index in [9.17, 15) is 9.59 Å². The van der Waals surface area contributed by atoms with Gasteiger partial charge in [-0.1, -0.05) is 109 Å². The molecule has 0 unspecified atom stereocenters. The Balaban J connectivity index is 1.62. The van der Waals surface area contributed by atoms with Crippen molar-refractivity contribution in [1.29, 1.82) is 0 Å². The average Bonchev–Trinajstić information content (AvgIpc) is 2.93. The molecule has 1 atom stereocenters. The number of aryl methyl sites for hydroxylation is 1. The number of rotatable bonds is 10. The Kier molecular flexibility index (Phi) is 10.0. The number of halogens is 2. The Labute approximate surface area is 230 Å². The minimum atomic E-state index is -0.637. The van der Waals surface area contributed by atoms with E-state index < -0.39 is 6.04 Å². The van der Waals surface area contributed by atoms with E-state index in [0.717, 1.165) is 42.4 Å². The van der Waals surface area contributed by atoms with Crippen LogP contribution in [0.1, 0.15) is 55.2 Å². The van der Waals surface area contributed by atoms with E-state index in [1.54, 1.807) is 17.0 Å². The molecule has 0 spiro atoms. The molecule has 6 heteroatoms. The van der Waals surface area contributed by atoms with Crippen molar-refractivity contribution >= 4 is 35.0 Å². The predicted molar refractivity (Wildman–Crippen MR) is 151 cm³/mol. The summed E-state index contributed by atoms with van der Waals surface area (Å²) in [5.41, 5.74) is 2.95. The van der Waals surface area contributed by atoms with Gasteiger partial charge >= 0.3 is 0 Å². The highest BCUT2D eigenvalue weighted by Gasteiger charge is 2.31. The molecule has 0 bridgehead atoms. The van der Waals surface area contributed by atoms with Gasteiger partial charge < -0.3 is 10.2 Å². The number of nitrogens with zero attached hydrogens (tertiary/aromatic N) is 1. The molecule has 1 aliphatic carbocycles. The van der Waals surface area contributed by atoms with Gasteiger partial charge in [0.1, 0.15) is 6.04 Å². The first kappa shape index (κ1) is 27.2. The summed E-state index contributed by atoms with van der Waals surface area (Å²) >= 11 is 12.5. The van der Waals surface area contributed by atoms with Gasteiger partial charge in [-0.2, -0.15) is 0 Å². The highest BCUT2D eigenvalue weighted by atomic mass is 35.5. The summed E-state index contributed by atoms with van der Waals surface area (Å²) in [5, 5.41) is 4.17. The van der Waals surface area contributed by atoms with Crippen molar-refractivity contribution in [2.45, 2.75) is 70.0 Å². The van der Waals surface area contributed by atoms with Crippen LogP contribution in [0.2, 0.25) is 10.0 Å². The molecule has 0 aromatic heterocycles. The lowest BCUT2D eigenvalue weighted by Crippen LogP contribution is -2.52. The first-order chi connectivity index (χ1) is 18.0. The van der Waals surface area contributed by atoms with Crippen molar-refractivity contribution < 1.29 is 9.59 Å². The second-order valence-electron chi connectivity index (χ2n) is 9.80. The maximum Gasteiger partial charge on any atom is 0.243 e. The molecule has 37 heavy (non-hydrogen) atoms. The second kappa shape index (κ2) is 13.6. The third kappa shape index (κ3) is 8.08. The molecule has 1 aliphatic rings. The number of nitrogens with one attached hydrogen (secondary N) is 1. The van der Waals surface area contributed by atoms with Crippen molar-refractivity contribution in [2.75, 3.05) is 0 Å². The molecule has 0 radical (unpaired) electrons. The zero-order valence-electron chi connectivity index (χ0n) is 21.0. The van der Waals surface area contributed by atoms with Crippen LogP contribution in [0.15, 0.2) is 78.9 Å². The molecule has 2 amide bonds. The third-order valence-electron chi connectivity index (χ3n) is 7.03. The van der Waals surface area contributed by atoms with Gasteiger partial charge in [0.2, 0.25) is 11.8 Å². The Morgan fingerprint density at radius 1 is 0.811 bits per heavy atom. The Hall–Kier alpha value is -2.82. The van der Waals surface area contributed by atoms with Crippen LogP contribution in [0.3, 0.4) is 0 Å². The number of hydrogen-bond acceptors (Lipinski definition) is 2. The molecule has 1 saturated carbocycles. The van der Waals surface area contributed by atoms with Gasteiger partial charge in [0.15, 0.2) is 0 Å². The summed E-state index contributed by atoms with van der Waals surface area (Å²) in [6.45, 7) is 0.278. The van der Waals surface area contributed by atoms with E-state index in [1.807, 2.05) is 66.7 Å².